The molecule has 2 aromatic rings. The second-order valence-electron chi connectivity index (χ2n) is 4.04. The van der Waals surface area contributed by atoms with E-state index in [1.807, 2.05) is 0 Å². The lowest BCUT2D eigenvalue weighted by atomic mass is 10.2. The molecular formula is C14H9F5O2. The van der Waals surface area contributed by atoms with E-state index in [4.69, 9.17) is 9.47 Å². The molecule has 0 fully saturated rings. The fourth-order valence-corrected chi connectivity index (χ4v) is 1.62. The SMILES string of the molecule is COc1ccc(OCc2cc(F)c(F)c(F)c2F)cc1F. The summed E-state index contributed by atoms with van der Waals surface area (Å²) in [5, 5.41) is 0. The lowest BCUT2D eigenvalue weighted by Crippen LogP contribution is -2.05. The topological polar surface area (TPSA) is 18.5 Å². The summed E-state index contributed by atoms with van der Waals surface area (Å²) < 4.78 is 75.3. The van der Waals surface area contributed by atoms with Crippen LogP contribution in [0.2, 0.25) is 0 Å². The van der Waals surface area contributed by atoms with Gasteiger partial charge in [0.05, 0.1) is 7.11 Å². The predicted octanol–water partition coefficient (Wildman–Crippen LogP) is 3.97. The van der Waals surface area contributed by atoms with Gasteiger partial charge in [0.15, 0.2) is 34.8 Å². The standard InChI is InChI=1S/C14H9F5O2/c1-20-11-3-2-8(5-9(11)15)21-6-7-4-10(16)13(18)14(19)12(7)17/h2-5H,6H2,1H3. The smallest absolute Gasteiger partial charge is 0.197 e. The number of hydrogen-bond donors (Lipinski definition) is 0. The zero-order chi connectivity index (χ0) is 15.6. The summed E-state index contributed by atoms with van der Waals surface area (Å²) in [5.74, 6) is -7.64. The summed E-state index contributed by atoms with van der Waals surface area (Å²) >= 11 is 0. The first-order valence-electron chi connectivity index (χ1n) is 5.72. The summed E-state index contributed by atoms with van der Waals surface area (Å²) in [4.78, 5) is 0. The van der Waals surface area contributed by atoms with Crippen molar-refractivity contribution < 1.29 is 31.4 Å². The molecule has 0 atom stereocenters. The lowest BCUT2D eigenvalue weighted by Gasteiger charge is -2.09. The van der Waals surface area contributed by atoms with Crippen LogP contribution in [-0.4, -0.2) is 7.11 Å². The Morgan fingerprint density at radius 3 is 2.19 bits per heavy atom. The van der Waals surface area contributed by atoms with Crippen molar-refractivity contribution in [2.24, 2.45) is 0 Å². The van der Waals surface area contributed by atoms with E-state index in [0.717, 1.165) is 6.07 Å². The van der Waals surface area contributed by atoms with E-state index in [9.17, 15) is 22.0 Å². The molecule has 7 heteroatoms. The van der Waals surface area contributed by atoms with Crippen LogP contribution < -0.4 is 9.47 Å². The molecule has 0 amide bonds. The normalized spacial score (nSPS) is 10.6. The second kappa shape index (κ2) is 5.99. The fourth-order valence-electron chi connectivity index (χ4n) is 1.62. The van der Waals surface area contributed by atoms with Crippen LogP contribution >= 0.6 is 0 Å². The number of rotatable bonds is 4. The van der Waals surface area contributed by atoms with Crippen molar-refractivity contribution in [1.82, 2.24) is 0 Å². The Bertz CT molecular complexity index is 673. The van der Waals surface area contributed by atoms with Gasteiger partial charge in [0, 0.05) is 11.6 Å². The van der Waals surface area contributed by atoms with E-state index in [0.29, 0.717) is 6.07 Å². The Morgan fingerprint density at radius 2 is 1.57 bits per heavy atom. The molecule has 0 radical (unpaired) electrons. The Labute approximate surface area is 116 Å². The highest BCUT2D eigenvalue weighted by Gasteiger charge is 2.19. The van der Waals surface area contributed by atoms with Gasteiger partial charge >= 0.3 is 0 Å². The first kappa shape index (κ1) is 15.1. The van der Waals surface area contributed by atoms with Crippen molar-refractivity contribution in [3.63, 3.8) is 0 Å². The molecule has 112 valence electrons. The van der Waals surface area contributed by atoms with Gasteiger partial charge in [-0.15, -0.1) is 0 Å². The molecule has 2 nitrogen and oxygen atoms in total. The molecule has 0 aliphatic carbocycles. The van der Waals surface area contributed by atoms with Crippen LogP contribution in [0.4, 0.5) is 22.0 Å². The van der Waals surface area contributed by atoms with Crippen molar-refractivity contribution in [3.05, 3.63) is 58.9 Å². The number of benzene rings is 2. The minimum absolute atomic E-state index is 0.00200. The summed E-state index contributed by atoms with van der Waals surface area (Å²) in [7, 11) is 1.28. The molecule has 0 heterocycles. The zero-order valence-corrected chi connectivity index (χ0v) is 10.7. The molecule has 0 aliphatic rings. The fraction of sp³-hybridized carbons (Fsp3) is 0.143. The average Bonchev–Trinajstić information content (AvgIpc) is 2.47. The molecular weight excluding hydrogens is 295 g/mol. The van der Waals surface area contributed by atoms with E-state index in [1.54, 1.807) is 0 Å². The van der Waals surface area contributed by atoms with Gasteiger partial charge in [-0.2, -0.15) is 0 Å². The van der Waals surface area contributed by atoms with E-state index in [-0.39, 0.29) is 11.5 Å². The largest absolute Gasteiger partial charge is 0.494 e. The van der Waals surface area contributed by atoms with Crippen LogP contribution in [0.5, 0.6) is 11.5 Å². The maximum atomic E-state index is 13.4. The van der Waals surface area contributed by atoms with Crippen LogP contribution in [0.3, 0.4) is 0 Å². The van der Waals surface area contributed by atoms with Gasteiger partial charge in [-0.3, -0.25) is 0 Å². The van der Waals surface area contributed by atoms with Gasteiger partial charge in [-0.1, -0.05) is 0 Å². The minimum atomic E-state index is -1.92. The molecule has 0 unspecified atom stereocenters. The lowest BCUT2D eigenvalue weighted by molar-refractivity contribution is 0.290. The summed E-state index contributed by atoms with van der Waals surface area (Å²) in [5.41, 5.74) is -0.525. The summed E-state index contributed by atoms with van der Waals surface area (Å²) in [6, 6.07) is 4.05. The van der Waals surface area contributed by atoms with Crippen LogP contribution in [0.15, 0.2) is 24.3 Å². The third-order valence-electron chi connectivity index (χ3n) is 2.70. The summed E-state index contributed by atoms with van der Waals surface area (Å²) in [6.07, 6.45) is 0. The van der Waals surface area contributed by atoms with E-state index < -0.39 is 41.3 Å². The third-order valence-corrected chi connectivity index (χ3v) is 2.70. The molecule has 2 aromatic carbocycles. The van der Waals surface area contributed by atoms with Crippen molar-refractivity contribution in [1.29, 1.82) is 0 Å². The number of hydrogen-bond acceptors (Lipinski definition) is 2. The van der Waals surface area contributed by atoms with Gasteiger partial charge in [0.2, 0.25) is 0 Å². The van der Waals surface area contributed by atoms with Crippen LogP contribution in [0.25, 0.3) is 0 Å². The Kier molecular flexibility index (Phi) is 4.30. The number of halogens is 5. The highest BCUT2D eigenvalue weighted by Crippen LogP contribution is 2.24. The highest BCUT2D eigenvalue weighted by atomic mass is 19.2. The van der Waals surface area contributed by atoms with Crippen LogP contribution in [0.1, 0.15) is 5.56 Å². The maximum absolute atomic E-state index is 13.4. The summed E-state index contributed by atoms with van der Waals surface area (Å²) in [6.45, 7) is -0.592. The Hall–Kier alpha value is -2.31. The van der Waals surface area contributed by atoms with Gasteiger partial charge in [-0.05, 0) is 18.2 Å². The highest BCUT2D eigenvalue weighted by molar-refractivity contribution is 5.33. The van der Waals surface area contributed by atoms with Crippen molar-refractivity contribution in [2.75, 3.05) is 7.11 Å². The first-order chi connectivity index (χ1) is 9.93. The molecule has 2 rings (SSSR count). The second-order valence-corrected chi connectivity index (χ2v) is 4.04. The van der Waals surface area contributed by atoms with E-state index >= 15 is 0 Å². The molecule has 0 spiro atoms. The third kappa shape index (κ3) is 3.07. The van der Waals surface area contributed by atoms with Crippen molar-refractivity contribution in [2.45, 2.75) is 6.61 Å². The van der Waals surface area contributed by atoms with Gasteiger partial charge in [0.25, 0.3) is 0 Å². The molecule has 0 N–H and O–H groups in total. The van der Waals surface area contributed by atoms with Gasteiger partial charge < -0.3 is 9.47 Å². The Morgan fingerprint density at radius 1 is 0.857 bits per heavy atom. The van der Waals surface area contributed by atoms with Crippen molar-refractivity contribution in [3.8, 4) is 11.5 Å². The zero-order valence-electron chi connectivity index (χ0n) is 10.7. The quantitative estimate of drug-likeness (QED) is 0.483. The molecule has 21 heavy (non-hydrogen) atoms. The predicted molar refractivity (Wildman–Crippen MR) is 63.6 cm³/mol. The monoisotopic (exact) mass is 304 g/mol. The number of ether oxygens (including phenoxy) is 2. The molecule has 0 bridgehead atoms. The van der Waals surface area contributed by atoms with Crippen LogP contribution in [0, 0.1) is 29.1 Å². The molecule has 0 aromatic heterocycles. The molecule has 0 aliphatic heterocycles. The minimum Gasteiger partial charge on any atom is -0.494 e. The van der Waals surface area contributed by atoms with Gasteiger partial charge in [-0.25, -0.2) is 22.0 Å². The van der Waals surface area contributed by atoms with E-state index in [1.165, 1.54) is 19.2 Å². The van der Waals surface area contributed by atoms with Gasteiger partial charge in [0.1, 0.15) is 12.4 Å². The number of methoxy groups -OCH3 is 1. The Balaban J connectivity index is 2.19. The first-order valence-corrected chi connectivity index (χ1v) is 5.72. The average molecular weight is 304 g/mol. The molecule has 0 saturated heterocycles. The maximum Gasteiger partial charge on any atom is 0.197 e. The molecule has 0 saturated carbocycles. The van der Waals surface area contributed by atoms with Crippen molar-refractivity contribution >= 4 is 0 Å². The van der Waals surface area contributed by atoms with E-state index in [2.05, 4.69) is 0 Å². The van der Waals surface area contributed by atoms with Crippen LogP contribution in [-0.2, 0) is 6.61 Å².